The van der Waals surface area contributed by atoms with E-state index in [2.05, 4.69) is 29.2 Å². The average molecular weight is 298 g/mol. The van der Waals surface area contributed by atoms with E-state index in [0.29, 0.717) is 0 Å². The Morgan fingerprint density at radius 2 is 1.86 bits per heavy atom. The number of fused-ring (bicyclic) bond motifs is 1. The molecule has 0 fully saturated rings. The number of benzene rings is 2. The van der Waals surface area contributed by atoms with Crippen LogP contribution in [0.2, 0.25) is 0 Å². The summed E-state index contributed by atoms with van der Waals surface area (Å²) in [5.41, 5.74) is 7.59. The van der Waals surface area contributed by atoms with E-state index in [4.69, 9.17) is 10.5 Å². The molecule has 1 heterocycles. The summed E-state index contributed by atoms with van der Waals surface area (Å²) < 4.78 is 5.68. The van der Waals surface area contributed by atoms with Gasteiger partial charge in [0.15, 0.2) is 0 Å². The normalized spacial score (nSPS) is 10.9. The number of aromatic amines is 1. The predicted octanol–water partition coefficient (Wildman–Crippen LogP) is 4.31. The van der Waals surface area contributed by atoms with Gasteiger partial charge in [0.1, 0.15) is 5.75 Å². The van der Waals surface area contributed by atoms with Crippen molar-refractivity contribution in [3.8, 4) is 5.75 Å². The molecule has 0 bridgehead atoms. The third-order valence-corrected chi connectivity index (χ3v) is 4.22. The number of anilines is 1. The van der Waals surface area contributed by atoms with Crippen molar-refractivity contribution in [2.24, 2.45) is 0 Å². The molecule has 0 amide bonds. The maximum absolute atomic E-state index is 5.68. The standard InChI is InChI=1S/C17H18N2OS/c18-14-6-8-15(9-7-14)20-10-3-11-21-17-12-13-4-1-2-5-16(13)19-17/h1-2,4-9,12,19H,3,10-11,18H2. The summed E-state index contributed by atoms with van der Waals surface area (Å²) in [4.78, 5) is 3.42. The molecule has 2 aromatic carbocycles. The molecule has 0 aliphatic rings. The highest BCUT2D eigenvalue weighted by Gasteiger charge is 2.00. The van der Waals surface area contributed by atoms with E-state index in [9.17, 15) is 0 Å². The number of rotatable bonds is 6. The van der Waals surface area contributed by atoms with Crippen LogP contribution in [-0.4, -0.2) is 17.3 Å². The average Bonchev–Trinajstić information content (AvgIpc) is 2.91. The van der Waals surface area contributed by atoms with Crippen molar-refractivity contribution in [2.75, 3.05) is 18.1 Å². The molecule has 108 valence electrons. The van der Waals surface area contributed by atoms with E-state index in [1.54, 1.807) is 0 Å². The van der Waals surface area contributed by atoms with Crippen LogP contribution in [0.4, 0.5) is 5.69 Å². The van der Waals surface area contributed by atoms with Gasteiger partial charge in [-0.15, -0.1) is 11.8 Å². The summed E-state index contributed by atoms with van der Waals surface area (Å²) in [6, 6.07) is 18.0. The van der Waals surface area contributed by atoms with Gasteiger partial charge in [0.25, 0.3) is 0 Å². The number of nitrogens with one attached hydrogen (secondary N) is 1. The SMILES string of the molecule is Nc1ccc(OCCCSc2cc3ccccc3[nH]2)cc1. The van der Waals surface area contributed by atoms with Crippen molar-refractivity contribution in [3.05, 3.63) is 54.6 Å². The molecule has 21 heavy (non-hydrogen) atoms. The highest BCUT2D eigenvalue weighted by molar-refractivity contribution is 7.99. The first-order chi connectivity index (χ1) is 10.3. The highest BCUT2D eigenvalue weighted by Crippen LogP contribution is 2.23. The lowest BCUT2D eigenvalue weighted by atomic mass is 10.3. The van der Waals surface area contributed by atoms with Gasteiger partial charge in [0, 0.05) is 22.3 Å². The Balaban J connectivity index is 1.42. The zero-order valence-electron chi connectivity index (χ0n) is 11.7. The molecule has 3 N–H and O–H groups in total. The number of aromatic nitrogens is 1. The van der Waals surface area contributed by atoms with Crippen molar-refractivity contribution in [2.45, 2.75) is 11.4 Å². The molecule has 4 heteroatoms. The lowest BCUT2D eigenvalue weighted by molar-refractivity contribution is 0.319. The van der Waals surface area contributed by atoms with Crippen molar-refractivity contribution in [1.82, 2.24) is 4.98 Å². The first kappa shape index (κ1) is 13.9. The Morgan fingerprint density at radius 3 is 2.67 bits per heavy atom. The second-order valence-electron chi connectivity index (χ2n) is 4.84. The molecule has 3 nitrogen and oxygen atoms in total. The fourth-order valence-corrected chi connectivity index (χ4v) is 2.99. The fraction of sp³-hybridized carbons (Fsp3) is 0.176. The first-order valence-electron chi connectivity index (χ1n) is 7.00. The van der Waals surface area contributed by atoms with Crippen LogP contribution in [0.1, 0.15) is 6.42 Å². The molecule has 0 radical (unpaired) electrons. The van der Waals surface area contributed by atoms with Gasteiger partial charge in [0.05, 0.1) is 11.6 Å². The summed E-state index contributed by atoms with van der Waals surface area (Å²) in [5.74, 6) is 1.90. The van der Waals surface area contributed by atoms with Gasteiger partial charge in [0.2, 0.25) is 0 Å². The summed E-state index contributed by atoms with van der Waals surface area (Å²) >= 11 is 1.83. The Kier molecular flexibility index (Phi) is 4.36. The van der Waals surface area contributed by atoms with Crippen molar-refractivity contribution in [3.63, 3.8) is 0 Å². The number of H-pyrrole nitrogens is 1. The van der Waals surface area contributed by atoms with Gasteiger partial charge < -0.3 is 15.5 Å². The zero-order valence-corrected chi connectivity index (χ0v) is 12.5. The van der Waals surface area contributed by atoms with Gasteiger partial charge in [-0.05, 0) is 42.8 Å². The van der Waals surface area contributed by atoms with Crippen LogP contribution in [0.25, 0.3) is 10.9 Å². The molecule has 0 aliphatic heterocycles. The van der Waals surface area contributed by atoms with Gasteiger partial charge in [-0.25, -0.2) is 0 Å². The maximum atomic E-state index is 5.68. The Bertz CT molecular complexity index is 673. The summed E-state index contributed by atoms with van der Waals surface area (Å²) in [7, 11) is 0. The third-order valence-electron chi connectivity index (χ3n) is 3.20. The van der Waals surface area contributed by atoms with E-state index in [0.717, 1.165) is 30.2 Å². The van der Waals surface area contributed by atoms with Crippen molar-refractivity contribution < 1.29 is 4.74 Å². The smallest absolute Gasteiger partial charge is 0.119 e. The van der Waals surface area contributed by atoms with Gasteiger partial charge in [-0.2, -0.15) is 0 Å². The molecule has 0 unspecified atom stereocenters. The minimum atomic E-state index is 0.719. The topological polar surface area (TPSA) is 51.0 Å². The first-order valence-corrected chi connectivity index (χ1v) is 7.99. The minimum Gasteiger partial charge on any atom is -0.494 e. The second-order valence-corrected chi connectivity index (χ2v) is 5.98. The van der Waals surface area contributed by atoms with E-state index < -0.39 is 0 Å². The van der Waals surface area contributed by atoms with E-state index in [1.807, 2.05) is 42.1 Å². The molecule has 0 atom stereocenters. The quantitative estimate of drug-likeness (QED) is 0.405. The van der Waals surface area contributed by atoms with E-state index >= 15 is 0 Å². The molecule has 0 aliphatic carbocycles. The third kappa shape index (κ3) is 3.73. The minimum absolute atomic E-state index is 0.719. The highest BCUT2D eigenvalue weighted by atomic mass is 32.2. The largest absolute Gasteiger partial charge is 0.494 e. The number of nitrogens with two attached hydrogens (primary N) is 1. The fourth-order valence-electron chi connectivity index (χ4n) is 2.12. The lowest BCUT2D eigenvalue weighted by Crippen LogP contribution is -1.98. The van der Waals surface area contributed by atoms with Crippen LogP contribution in [0, 0.1) is 0 Å². The Hall–Kier alpha value is -2.07. The number of hydrogen-bond acceptors (Lipinski definition) is 3. The number of nitrogen functional groups attached to an aromatic ring is 1. The lowest BCUT2D eigenvalue weighted by Gasteiger charge is -2.05. The van der Waals surface area contributed by atoms with Gasteiger partial charge in [-0.1, -0.05) is 18.2 Å². The van der Waals surface area contributed by atoms with E-state index in [-0.39, 0.29) is 0 Å². The molecule has 0 saturated carbocycles. The predicted molar refractivity (Wildman–Crippen MR) is 90.0 cm³/mol. The Morgan fingerprint density at radius 1 is 1.05 bits per heavy atom. The van der Waals surface area contributed by atoms with Gasteiger partial charge in [-0.3, -0.25) is 0 Å². The van der Waals surface area contributed by atoms with Crippen LogP contribution in [0.3, 0.4) is 0 Å². The monoisotopic (exact) mass is 298 g/mol. The summed E-state index contributed by atoms with van der Waals surface area (Å²) in [5, 5.41) is 2.47. The summed E-state index contributed by atoms with van der Waals surface area (Å²) in [6.45, 7) is 0.719. The molecule has 3 aromatic rings. The van der Waals surface area contributed by atoms with Crippen LogP contribution >= 0.6 is 11.8 Å². The van der Waals surface area contributed by atoms with E-state index in [1.165, 1.54) is 15.9 Å². The van der Waals surface area contributed by atoms with Crippen molar-refractivity contribution >= 4 is 28.4 Å². The second kappa shape index (κ2) is 6.59. The molecule has 0 saturated heterocycles. The number of hydrogen-bond donors (Lipinski definition) is 2. The van der Waals surface area contributed by atoms with Crippen LogP contribution in [0.15, 0.2) is 59.6 Å². The molecule has 1 aromatic heterocycles. The number of ether oxygens (including phenoxy) is 1. The Labute approximate surface area is 128 Å². The van der Waals surface area contributed by atoms with Gasteiger partial charge >= 0.3 is 0 Å². The molecule has 3 rings (SSSR count). The van der Waals surface area contributed by atoms with Crippen LogP contribution in [-0.2, 0) is 0 Å². The molecular formula is C17H18N2OS. The molecular weight excluding hydrogens is 280 g/mol. The zero-order chi connectivity index (χ0) is 14.5. The number of para-hydroxylation sites is 1. The molecule has 0 spiro atoms. The van der Waals surface area contributed by atoms with Crippen LogP contribution < -0.4 is 10.5 Å². The van der Waals surface area contributed by atoms with Crippen LogP contribution in [0.5, 0.6) is 5.75 Å². The summed E-state index contributed by atoms with van der Waals surface area (Å²) in [6.07, 6.45) is 1.00. The van der Waals surface area contributed by atoms with Crippen molar-refractivity contribution in [1.29, 1.82) is 0 Å². The maximum Gasteiger partial charge on any atom is 0.119 e. The number of thioether (sulfide) groups is 1.